The molecular weight excluding hydrogens is 446 g/mol. The van der Waals surface area contributed by atoms with E-state index in [-0.39, 0.29) is 17.3 Å². The van der Waals surface area contributed by atoms with E-state index in [0.717, 1.165) is 60.8 Å². The molecule has 0 spiro atoms. The highest BCUT2D eigenvalue weighted by Crippen LogP contribution is 2.46. The molecule has 7 heteroatoms. The number of nitrogens with zero attached hydrogens (tertiary/aromatic N) is 3. The number of carbonyl (C=O) groups is 1. The summed E-state index contributed by atoms with van der Waals surface area (Å²) in [6, 6.07) is 10.1. The van der Waals surface area contributed by atoms with E-state index in [0.29, 0.717) is 23.4 Å². The van der Waals surface area contributed by atoms with E-state index in [1.807, 2.05) is 12.3 Å². The van der Waals surface area contributed by atoms with Gasteiger partial charge in [-0.05, 0) is 86.3 Å². The number of pyridine rings is 1. The maximum absolute atomic E-state index is 14.6. The van der Waals surface area contributed by atoms with Gasteiger partial charge in [0.25, 0.3) is 5.91 Å². The zero-order valence-electron chi connectivity index (χ0n) is 19.7. The first kappa shape index (κ1) is 22.1. The van der Waals surface area contributed by atoms with Crippen LogP contribution in [0.25, 0.3) is 21.9 Å². The maximum Gasteiger partial charge on any atom is 0.251 e. The van der Waals surface area contributed by atoms with Crippen LogP contribution in [-0.4, -0.2) is 20.4 Å². The quantitative estimate of drug-likeness (QED) is 0.365. The number of carbonyl (C=O) groups excluding carboxylic acids is 1. The number of nitrogens with two attached hydrogens (primary N) is 1. The van der Waals surface area contributed by atoms with Crippen LogP contribution in [0.15, 0.2) is 42.6 Å². The highest BCUT2D eigenvalue weighted by atomic mass is 19.1. The third kappa shape index (κ3) is 3.87. The minimum absolute atomic E-state index is 0.112. The number of rotatable bonds is 5. The molecule has 2 aliphatic rings. The number of hydrogen-bond acceptors (Lipinski definition) is 3. The zero-order chi connectivity index (χ0) is 24.3. The van der Waals surface area contributed by atoms with Crippen LogP contribution in [0.4, 0.5) is 8.78 Å². The lowest BCUT2D eigenvalue weighted by Gasteiger charge is -2.33. The molecule has 2 heterocycles. The highest BCUT2D eigenvalue weighted by molar-refractivity contribution is 5.96. The van der Waals surface area contributed by atoms with Crippen molar-refractivity contribution in [3.8, 4) is 0 Å². The fourth-order valence-electron chi connectivity index (χ4n) is 6.00. The second-order valence-electron chi connectivity index (χ2n) is 10.2. The largest absolute Gasteiger partial charge is 0.366 e. The van der Waals surface area contributed by atoms with Crippen LogP contribution in [0.3, 0.4) is 0 Å². The molecule has 2 aliphatic carbocycles. The van der Waals surface area contributed by atoms with E-state index in [4.69, 9.17) is 10.7 Å². The van der Waals surface area contributed by atoms with E-state index in [1.54, 1.807) is 12.1 Å². The van der Waals surface area contributed by atoms with E-state index in [1.165, 1.54) is 23.8 Å². The normalized spacial score (nSPS) is 21.5. The Labute approximate surface area is 202 Å². The molecule has 2 aromatic heterocycles. The molecule has 2 saturated carbocycles. The molecule has 5 nitrogen and oxygen atoms in total. The summed E-state index contributed by atoms with van der Waals surface area (Å²) in [5.74, 6) is 0.406. The van der Waals surface area contributed by atoms with E-state index >= 15 is 0 Å². The lowest BCUT2D eigenvalue weighted by atomic mass is 9.73. The van der Waals surface area contributed by atoms with Crippen molar-refractivity contribution in [2.45, 2.75) is 63.3 Å². The third-order valence-corrected chi connectivity index (χ3v) is 8.05. The number of primary amides is 1. The minimum Gasteiger partial charge on any atom is -0.366 e. The Morgan fingerprint density at radius 2 is 1.80 bits per heavy atom. The summed E-state index contributed by atoms with van der Waals surface area (Å²) in [5.41, 5.74) is 8.65. The summed E-state index contributed by atoms with van der Waals surface area (Å²) in [6.45, 7) is 2.22. The Morgan fingerprint density at radius 3 is 2.51 bits per heavy atom. The number of amides is 1. The van der Waals surface area contributed by atoms with Gasteiger partial charge in [0.15, 0.2) is 0 Å². The fourth-order valence-corrected chi connectivity index (χ4v) is 6.00. The third-order valence-electron chi connectivity index (χ3n) is 8.05. The van der Waals surface area contributed by atoms with Crippen LogP contribution in [0.1, 0.15) is 85.1 Å². The Kier molecular flexibility index (Phi) is 5.31. The van der Waals surface area contributed by atoms with Crippen molar-refractivity contribution in [3.63, 3.8) is 0 Å². The summed E-state index contributed by atoms with van der Waals surface area (Å²) >= 11 is 0. The summed E-state index contributed by atoms with van der Waals surface area (Å²) in [5, 5.41) is 0.909. The van der Waals surface area contributed by atoms with Crippen LogP contribution in [0.5, 0.6) is 0 Å². The molecule has 1 atom stereocenters. The van der Waals surface area contributed by atoms with Gasteiger partial charge in [-0.3, -0.25) is 9.78 Å². The van der Waals surface area contributed by atoms with Crippen molar-refractivity contribution in [2.75, 3.05) is 0 Å². The van der Waals surface area contributed by atoms with E-state index in [2.05, 4.69) is 16.5 Å². The number of hydrogen-bond donors (Lipinski definition) is 1. The summed E-state index contributed by atoms with van der Waals surface area (Å²) in [4.78, 5) is 21.0. The number of benzene rings is 2. The van der Waals surface area contributed by atoms with Crippen molar-refractivity contribution < 1.29 is 13.6 Å². The lowest BCUT2D eigenvalue weighted by Crippen LogP contribution is -2.21. The van der Waals surface area contributed by atoms with Gasteiger partial charge in [-0.2, -0.15) is 0 Å². The number of fused-ring (bicyclic) bond motifs is 2. The van der Waals surface area contributed by atoms with Crippen molar-refractivity contribution in [3.05, 3.63) is 71.2 Å². The van der Waals surface area contributed by atoms with Crippen molar-refractivity contribution >= 4 is 27.8 Å². The van der Waals surface area contributed by atoms with Crippen LogP contribution in [0.2, 0.25) is 0 Å². The van der Waals surface area contributed by atoms with Crippen molar-refractivity contribution in [1.29, 1.82) is 0 Å². The van der Waals surface area contributed by atoms with Gasteiger partial charge in [0.05, 0.1) is 22.1 Å². The smallest absolute Gasteiger partial charge is 0.251 e. The minimum atomic E-state index is -0.776. The Hall–Kier alpha value is -3.35. The molecule has 1 amide bonds. The molecule has 35 heavy (non-hydrogen) atoms. The number of halogens is 2. The summed E-state index contributed by atoms with van der Waals surface area (Å²) in [6.07, 6.45) is 8.07. The van der Waals surface area contributed by atoms with Gasteiger partial charge in [-0.15, -0.1) is 0 Å². The predicted octanol–water partition coefficient (Wildman–Crippen LogP) is 6.37. The maximum atomic E-state index is 14.6. The second-order valence-corrected chi connectivity index (χ2v) is 10.2. The number of imidazole rings is 1. The Bertz CT molecular complexity index is 1450. The summed E-state index contributed by atoms with van der Waals surface area (Å²) in [7, 11) is 0. The van der Waals surface area contributed by atoms with Gasteiger partial charge in [0.1, 0.15) is 17.5 Å². The molecule has 0 radical (unpaired) electrons. The molecule has 180 valence electrons. The molecular formula is C28H28F2N4O. The topological polar surface area (TPSA) is 73.8 Å². The predicted molar refractivity (Wildman–Crippen MR) is 131 cm³/mol. The standard InChI is InChI=1S/C28H28F2N4O/c1-15(28-33-25-13-22(27(31)35)23(30)14-26(25)34(28)19-7-8-19)16-2-4-17(5-3-16)20-10-11-32-24-9-6-18(29)12-21(20)24/h6,9-17,19H,2-5,7-8H2,1H3,(H2,31,35). The molecule has 4 aromatic rings. The van der Waals surface area contributed by atoms with Gasteiger partial charge in [-0.25, -0.2) is 13.8 Å². The molecule has 2 fully saturated rings. The molecule has 2 N–H and O–H groups in total. The fraction of sp³-hybridized carbons (Fsp3) is 0.393. The average Bonchev–Trinajstić information content (AvgIpc) is 3.63. The first-order valence-electron chi connectivity index (χ1n) is 12.5. The highest BCUT2D eigenvalue weighted by Gasteiger charge is 2.35. The molecule has 1 unspecified atom stereocenters. The van der Waals surface area contributed by atoms with Crippen LogP contribution in [-0.2, 0) is 0 Å². The second kappa shape index (κ2) is 8.40. The first-order chi connectivity index (χ1) is 16.9. The lowest BCUT2D eigenvalue weighted by molar-refractivity contribution is 0.0996. The van der Waals surface area contributed by atoms with Crippen molar-refractivity contribution in [2.24, 2.45) is 11.7 Å². The molecule has 6 rings (SSSR count). The first-order valence-corrected chi connectivity index (χ1v) is 12.5. The average molecular weight is 475 g/mol. The zero-order valence-corrected chi connectivity index (χ0v) is 19.7. The van der Waals surface area contributed by atoms with Crippen molar-refractivity contribution in [1.82, 2.24) is 14.5 Å². The van der Waals surface area contributed by atoms with Crippen LogP contribution < -0.4 is 5.73 Å². The van der Waals surface area contributed by atoms with Gasteiger partial charge in [0, 0.05) is 29.6 Å². The SMILES string of the molecule is CC(c1nc2cc(C(N)=O)c(F)cc2n1C1CC1)C1CCC(c2ccnc3ccc(F)cc23)CC1. The van der Waals surface area contributed by atoms with Gasteiger partial charge >= 0.3 is 0 Å². The van der Waals surface area contributed by atoms with Gasteiger partial charge in [0.2, 0.25) is 0 Å². The van der Waals surface area contributed by atoms with Gasteiger partial charge < -0.3 is 10.3 Å². The monoisotopic (exact) mass is 474 g/mol. The molecule has 0 aliphatic heterocycles. The van der Waals surface area contributed by atoms with Crippen LogP contribution >= 0.6 is 0 Å². The Balaban J connectivity index is 1.27. The van der Waals surface area contributed by atoms with Crippen LogP contribution in [0, 0.1) is 17.6 Å². The summed E-state index contributed by atoms with van der Waals surface area (Å²) < 4.78 is 30.7. The Morgan fingerprint density at radius 1 is 1.03 bits per heavy atom. The van der Waals surface area contributed by atoms with Gasteiger partial charge in [-0.1, -0.05) is 6.92 Å². The number of aromatic nitrogens is 3. The molecule has 0 bridgehead atoms. The van der Waals surface area contributed by atoms with E-state index in [9.17, 15) is 13.6 Å². The molecule has 2 aromatic carbocycles. The van der Waals surface area contributed by atoms with E-state index < -0.39 is 11.7 Å². The molecule has 0 saturated heterocycles.